The molecule has 4 aromatic carbocycles. The largest absolute Gasteiger partial charge is 0.314 e. The monoisotopic (exact) mass is 458 g/mol. The van der Waals surface area contributed by atoms with E-state index in [0.29, 0.717) is 5.92 Å². The number of allylic oxidation sites excluding steroid dienone is 4. The van der Waals surface area contributed by atoms with E-state index < -0.39 is 0 Å². The van der Waals surface area contributed by atoms with Crippen molar-refractivity contribution >= 4 is 28.4 Å². The van der Waals surface area contributed by atoms with Gasteiger partial charge in [-0.25, -0.2) is 0 Å². The topological polar surface area (TPSA) is 6.48 Å². The second-order valence-electron chi connectivity index (χ2n) is 8.92. The number of hydrogen-bond donors (Lipinski definition) is 0. The average Bonchev–Trinajstić information content (AvgIpc) is 2.89. The molecule has 0 unspecified atom stereocenters. The quantitative estimate of drug-likeness (QED) is 0.242. The van der Waals surface area contributed by atoms with Crippen molar-refractivity contribution in [3.63, 3.8) is 0 Å². The van der Waals surface area contributed by atoms with Crippen molar-refractivity contribution in [2.45, 2.75) is 27.7 Å². The van der Waals surface area contributed by atoms with Crippen LogP contribution in [0.25, 0.3) is 0 Å². The summed E-state index contributed by atoms with van der Waals surface area (Å²) in [6.07, 6.45) is 6.42. The van der Waals surface area contributed by atoms with Crippen molar-refractivity contribution in [2.24, 2.45) is 5.92 Å². The highest BCUT2D eigenvalue weighted by Crippen LogP contribution is 2.39. The number of aryl methyl sites for hydroxylation is 1. The van der Waals surface area contributed by atoms with Gasteiger partial charge in [-0.2, -0.15) is 0 Å². The number of rotatable bonds is 8. The summed E-state index contributed by atoms with van der Waals surface area (Å²) in [5, 5.41) is 0. The third-order valence-corrected chi connectivity index (χ3v) is 6.06. The molecule has 0 radical (unpaired) electrons. The van der Waals surface area contributed by atoms with Crippen molar-refractivity contribution < 1.29 is 0 Å². The lowest BCUT2D eigenvalue weighted by Gasteiger charge is -2.31. The molecule has 2 heteroatoms. The van der Waals surface area contributed by atoms with Crippen LogP contribution in [0.1, 0.15) is 26.3 Å². The first-order chi connectivity index (χ1) is 17.1. The molecule has 0 aliphatic rings. The average molecular weight is 459 g/mol. The molecule has 0 amide bonds. The second-order valence-corrected chi connectivity index (χ2v) is 8.92. The van der Waals surface area contributed by atoms with E-state index in [-0.39, 0.29) is 0 Å². The Morgan fingerprint density at radius 2 is 1.11 bits per heavy atom. The SMILES string of the molecule is C/C=C\C=C(/C(C)C)N(c1ccccc1)c1ccc(N(c2ccccc2)c2ccccc2C)cc1. The normalized spacial score (nSPS) is 11.7. The summed E-state index contributed by atoms with van der Waals surface area (Å²) in [7, 11) is 0. The number of hydrogen-bond acceptors (Lipinski definition) is 2. The maximum atomic E-state index is 2.36. The minimum absolute atomic E-state index is 0.360. The summed E-state index contributed by atoms with van der Waals surface area (Å²) in [4.78, 5) is 4.68. The van der Waals surface area contributed by atoms with Crippen LogP contribution >= 0.6 is 0 Å². The predicted molar refractivity (Wildman–Crippen MR) is 152 cm³/mol. The number of para-hydroxylation sites is 3. The second kappa shape index (κ2) is 11.4. The summed E-state index contributed by atoms with van der Waals surface area (Å²) < 4.78 is 0. The van der Waals surface area contributed by atoms with Crippen molar-refractivity contribution in [2.75, 3.05) is 9.80 Å². The minimum Gasteiger partial charge on any atom is -0.314 e. The molecule has 0 atom stereocenters. The summed E-state index contributed by atoms with van der Waals surface area (Å²) in [6.45, 7) is 8.71. The zero-order valence-corrected chi connectivity index (χ0v) is 21.1. The molecular weight excluding hydrogens is 424 g/mol. The lowest BCUT2D eigenvalue weighted by atomic mass is 10.1. The molecule has 4 aromatic rings. The first-order valence-corrected chi connectivity index (χ1v) is 12.3. The Labute approximate surface area is 210 Å². The van der Waals surface area contributed by atoms with Gasteiger partial charge in [0.15, 0.2) is 0 Å². The fourth-order valence-corrected chi connectivity index (χ4v) is 4.31. The Morgan fingerprint density at radius 1 is 0.629 bits per heavy atom. The van der Waals surface area contributed by atoms with Gasteiger partial charge >= 0.3 is 0 Å². The highest BCUT2D eigenvalue weighted by molar-refractivity contribution is 5.80. The van der Waals surface area contributed by atoms with Crippen molar-refractivity contribution in [1.82, 2.24) is 0 Å². The fourth-order valence-electron chi connectivity index (χ4n) is 4.31. The minimum atomic E-state index is 0.360. The first-order valence-electron chi connectivity index (χ1n) is 12.3. The molecular formula is C33H34N2. The van der Waals surface area contributed by atoms with Crippen LogP contribution in [0.2, 0.25) is 0 Å². The van der Waals surface area contributed by atoms with Gasteiger partial charge in [0, 0.05) is 34.1 Å². The molecule has 0 saturated carbocycles. The summed E-state index contributed by atoms with van der Waals surface area (Å²) in [5.41, 5.74) is 8.24. The molecule has 2 nitrogen and oxygen atoms in total. The smallest absolute Gasteiger partial charge is 0.0490 e. The van der Waals surface area contributed by atoms with Gasteiger partial charge in [0.2, 0.25) is 0 Å². The highest BCUT2D eigenvalue weighted by atomic mass is 15.2. The molecule has 0 saturated heterocycles. The van der Waals surface area contributed by atoms with Gasteiger partial charge in [0.25, 0.3) is 0 Å². The van der Waals surface area contributed by atoms with Crippen LogP contribution in [0.15, 0.2) is 133 Å². The number of anilines is 5. The molecule has 0 aromatic heterocycles. The van der Waals surface area contributed by atoms with E-state index in [9.17, 15) is 0 Å². The van der Waals surface area contributed by atoms with Crippen LogP contribution in [0.4, 0.5) is 28.4 Å². The van der Waals surface area contributed by atoms with E-state index in [2.05, 4.69) is 165 Å². The Hall–Kier alpha value is -4.04. The molecule has 0 heterocycles. The summed E-state index contributed by atoms with van der Waals surface area (Å²) in [5.74, 6) is 0.360. The van der Waals surface area contributed by atoms with Crippen LogP contribution in [-0.4, -0.2) is 0 Å². The van der Waals surface area contributed by atoms with Crippen LogP contribution in [-0.2, 0) is 0 Å². The zero-order chi connectivity index (χ0) is 24.6. The Kier molecular flexibility index (Phi) is 7.84. The molecule has 0 aliphatic heterocycles. The van der Waals surface area contributed by atoms with Crippen molar-refractivity contribution in [3.8, 4) is 0 Å². The molecule has 0 bridgehead atoms. The zero-order valence-electron chi connectivity index (χ0n) is 21.1. The molecule has 4 rings (SSSR count). The van der Waals surface area contributed by atoms with E-state index in [1.165, 1.54) is 16.9 Å². The van der Waals surface area contributed by atoms with Gasteiger partial charge in [-0.1, -0.05) is 80.6 Å². The number of benzene rings is 4. The summed E-state index contributed by atoms with van der Waals surface area (Å²) in [6, 6.07) is 38.6. The maximum Gasteiger partial charge on any atom is 0.0490 e. The van der Waals surface area contributed by atoms with E-state index in [4.69, 9.17) is 0 Å². The fraction of sp³-hybridized carbons (Fsp3) is 0.152. The van der Waals surface area contributed by atoms with Gasteiger partial charge in [-0.15, -0.1) is 0 Å². The van der Waals surface area contributed by atoms with Crippen LogP contribution in [0, 0.1) is 12.8 Å². The van der Waals surface area contributed by atoms with Gasteiger partial charge in [-0.3, -0.25) is 0 Å². The lowest BCUT2D eigenvalue weighted by molar-refractivity contribution is 0.745. The van der Waals surface area contributed by atoms with Crippen LogP contribution < -0.4 is 9.80 Å². The maximum absolute atomic E-state index is 2.36. The Bertz CT molecular complexity index is 1270. The Morgan fingerprint density at radius 3 is 1.69 bits per heavy atom. The third kappa shape index (κ3) is 5.55. The molecule has 0 fully saturated rings. The van der Waals surface area contributed by atoms with Crippen LogP contribution in [0.3, 0.4) is 0 Å². The number of nitrogens with zero attached hydrogens (tertiary/aromatic N) is 2. The molecule has 176 valence electrons. The molecule has 35 heavy (non-hydrogen) atoms. The van der Waals surface area contributed by atoms with Crippen LogP contribution in [0.5, 0.6) is 0 Å². The van der Waals surface area contributed by atoms with Gasteiger partial charge in [0.05, 0.1) is 0 Å². The standard InChI is InChI=1S/C33H34N2/c1-5-6-20-32(26(2)3)34(28-16-9-7-10-17-28)30-22-24-31(25-23-30)35(29-18-11-8-12-19-29)33-21-14-13-15-27(33)4/h5-26H,1-4H3/b6-5-,32-20+. The Balaban J connectivity index is 1.81. The summed E-state index contributed by atoms with van der Waals surface area (Å²) >= 11 is 0. The highest BCUT2D eigenvalue weighted by Gasteiger charge is 2.19. The third-order valence-electron chi connectivity index (χ3n) is 6.06. The van der Waals surface area contributed by atoms with Gasteiger partial charge < -0.3 is 9.80 Å². The molecule has 0 spiro atoms. The van der Waals surface area contributed by atoms with E-state index >= 15 is 0 Å². The molecule has 0 N–H and O–H groups in total. The van der Waals surface area contributed by atoms with Crippen molar-refractivity contribution in [1.29, 1.82) is 0 Å². The van der Waals surface area contributed by atoms with Crippen molar-refractivity contribution in [3.05, 3.63) is 139 Å². The predicted octanol–water partition coefficient (Wildman–Crippen LogP) is 9.72. The van der Waals surface area contributed by atoms with E-state index in [1.54, 1.807) is 0 Å². The first kappa shape index (κ1) is 24.1. The van der Waals surface area contributed by atoms with Gasteiger partial charge in [-0.05, 0) is 86.0 Å². The lowest BCUT2D eigenvalue weighted by Crippen LogP contribution is -2.20. The molecule has 0 aliphatic carbocycles. The van der Waals surface area contributed by atoms with E-state index in [1.807, 2.05) is 0 Å². The van der Waals surface area contributed by atoms with E-state index in [0.717, 1.165) is 22.7 Å². The van der Waals surface area contributed by atoms with Gasteiger partial charge in [0.1, 0.15) is 0 Å².